The molecule has 0 aromatic heterocycles. The highest BCUT2D eigenvalue weighted by Crippen LogP contribution is 2.40. The van der Waals surface area contributed by atoms with Crippen LogP contribution in [0.5, 0.6) is 5.75 Å². The van der Waals surface area contributed by atoms with Crippen molar-refractivity contribution in [2.45, 2.75) is 217 Å². The number of hydrogen-bond donors (Lipinski definition) is 7. The van der Waals surface area contributed by atoms with Gasteiger partial charge in [-0.2, -0.15) is 0 Å². The van der Waals surface area contributed by atoms with Gasteiger partial charge in [-0.25, -0.2) is 4.79 Å². The number of nitrogens with zero attached hydrogens (tertiary/aromatic N) is 1. The van der Waals surface area contributed by atoms with Gasteiger partial charge >= 0.3 is 5.97 Å². The summed E-state index contributed by atoms with van der Waals surface area (Å²) in [4.78, 5) is 57.8. The van der Waals surface area contributed by atoms with Crippen LogP contribution in [-0.2, 0) is 60.6 Å². The Kier molecular flexibility index (Phi) is 31.4. The van der Waals surface area contributed by atoms with E-state index in [1.165, 1.54) is 37.2 Å². The van der Waals surface area contributed by atoms with Gasteiger partial charge in [0, 0.05) is 77.4 Å². The molecule has 3 aliphatic heterocycles. The van der Waals surface area contributed by atoms with Gasteiger partial charge in [0.25, 0.3) is 11.7 Å². The number of piperidine rings is 1. The number of carbonyl (C=O) groups is 4. The SMILES string of the molecule is C=CC[C@@H]1/C=C(\C)C[C@H](C)C[C@H](OC)[C@H]2O[C@@](O)(C(=O)C(=O)N3CCCC[C@H]3C(=O)O[C@H](/C(C)=C/[C@@H]3CC[C@@H](O)[C@H](OC)C3)[C@H](C)[C@@H](O)CC1=O)[C@H](C)C[C@@H]2OC.OCc1cc(C(O)CNCCCCCCOCCCCc2ccccc2)ccc1O. The lowest BCUT2D eigenvalue weighted by Crippen LogP contribution is -2.64. The Hall–Kier alpha value is -4.70. The summed E-state index contributed by atoms with van der Waals surface area (Å²) in [7, 11) is 4.61. The van der Waals surface area contributed by atoms with Crippen molar-refractivity contribution in [2.75, 3.05) is 54.2 Å². The van der Waals surface area contributed by atoms with Crippen LogP contribution >= 0.6 is 0 Å². The van der Waals surface area contributed by atoms with Gasteiger partial charge in [-0.05, 0) is 157 Å². The molecule has 15 atom stereocenters. The van der Waals surface area contributed by atoms with E-state index in [1.807, 2.05) is 32.9 Å². The second kappa shape index (κ2) is 37.5. The molecule has 0 spiro atoms. The lowest BCUT2D eigenvalue weighted by Gasteiger charge is -2.47. The van der Waals surface area contributed by atoms with Gasteiger partial charge in [-0.3, -0.25) is 14.4 Å². The summed E-state index contributed by atoms with van der Waals surface area (Å²) in [5, 5.41) is 66.4. The molecule has 488 valence electrons. The highest BCUT2D eigenvalue weighted by Gasteiger charge is 2.56. The molecular weight excluding hydrogens is 1110 g/mol. The summed E-state index contributed by atoms with van der Waals surface area (Å²) >= 11 is 0. The number of unbranched alkanes of at least 4 members (excludes halogenated alkanes) is 4. The van der Waals surface area contributed by atoms with Crippen LogP contribution in [0.15, 0.2) is 84.5 Å². The summed E-state index contributed by atoms with van der Waals surface area (Å²) in [5.74, 6) is -7.71. The Labute approximate surface area is 518 Å². The number of phenols is 1. The van der Waals surface area contributed by atoms with E-state index < -0.39 is 90.0 Å². The standard InChI is InChI=1S/C44H69NO12.C25H37NO4/c1-10-13-31-19-25(2)18-26(3)20-37(54-8)40-38(55-9)22-28(5)44(52,57-40)41(49)42(50)45-17-12-11-14-32(45)43(51)56-39(29(6)34(47)24-35(31)48)27(4)21-30-15-16-33(46)36(23-30)53-7;27-20-23-18-22(13-14-24(23)28)25(29)19-26-15-7-1-2-8-16-30-17-9-6-12-21-10-4-3-5-11-21/h10,19,21,26,28-34,36-40,46-47,52H,1,11-18,20,22-24H2,2-9H3;3-5,10-11,13-14,18,25-29H,1-2,6-9,12,15-17,19-20H2/b25-19+,27-21+;/t26-,28+,29+,30-,31+,32-,33+,34-,36+,37-,38-,39+,40+,44+;/m0./s1. The Morgan fingerprint density at radius 1 is 0.851 bits per heavy atom. The summed E-state index contributed by atoms with van der Waals surface area (Å²) in [6, 6.07) is 14.3. The average Bonchev–Trinajstić information content (AvgIpc) is 1.46. The molecule has 18 heteroatoms. The number of aromatic hydroxyl groups is 1. The van der Waals surface area contributed by atoms with Crippen molar-refractivity contribution in [1.29, 1.82) is 0 Å². The van der Waals surface area contributed by atoms with Crippen LogP contribution in [0.4, 0.5) is 0 Å². The van der Waals surface area contributed by atoms with Crippen LogP contribution in [0, 0.1) is 29.6 Å². The van der Waals surface area contributed by atoms with E-state index in [-0.39, 0.29) is 61.9 Å². The smallest absolute Gasteiger partial charge is 0.329 e. The monoisotopic (exact) mass is 1220 g/mol. The van der Waals surface area contributed by atoms with Gasteiger partial charge in [-0.15, -0.1) is 6.58 Å². The normalized spacial score (nSPS) is 31.0. The van der Waals surface area contributed by atoms with Gasteiger partial charge in [0.15, 0.2) is 0 Å². The molecule has 2 saturated heterocycles. The molecule has 1 unspecified atom stereocenters. The first-order valence-electron chi connectivity index (χ1n) is 32.0. The highest BCUT2D eigenvalue weighted by atomic mass is 16.7. The summed E-state index contributed by atoms with van der Waals surface area (Å²) < 4.78 is 35.5. The number of amides is 1. The summed E-state index contributed by atoms with van der Waals surface area (Å²) in [6.07, 6.45) is 12.2. The maximum absolute atomic E-state index is 14.3. The second-order valence-corrected chi connectivity index (χ2v) is 25.0. The van der Waals surface area contributed by atoms with Crippen molar-refractivity contribution in [3.63, 3.8) is 0 Å². The number of nitrogens with one attached hydrogen (secondary N) is 1. The van der Waals surface area contributed by atoms with Gasteiger partial charge in [0.1, 0.15) is 29.8 Å². The number of hydrogen-bond acceptors (Lipinski definition) is 17. The zero-order chi connectivity index (χ0) is 63.6. The van der Waals surface area contributed by atoms with E-state index in [2.05, 4.69) is 42.2 Å². The van der Waals surface area contributed by atoms with Crippen LogP contribution in [0.1, 0.15) is 167 Å². The zero-order valence-corrected chi connectivity index (χ0v) is 53.3. The lowest BCUT2D eigenvalue weighted by molar-refractivity contribution is -0.302. The maximum atomic E-state index is 14.3. The fraction of sp³-hybridized carbons (Fsp3) is 0.681. The predicted octanol–water partition coefficient (Wildman–Crippen LogP) is 8.75. The van der Waals surface area contributed by atoms with E-state index in [1.54, 1.807) is 39.2 Å². The van der Waals surface area contributed by atoms with E-state index >= 15 is 0 Å². The van der Waals surface area contributed by atoms with Crippen LogP contribution in [0.2, 0.25) is 0 Å². The number of aliphatic hydroxyl groups excluding tert-OH is 4. The minimum atomic E-state index is -2.51. The number of allylic oxidation sites excluding steroid dienone is 4. The molecule has 18 nitrogen and oxygen atoms in total. The van der Waals surface area contributed by atoms with Crippen molar-refractivity contribution < 1.29 is 78.2 Å². The fourth-order valence-electron chi connectivity index (χ4n) is 12.8. The minimum absolute atomic E-state index is 0.00988. The summed E-state index contributed by atoms with van der Waals surface area (Å²) in [6.45, 7) is 15.9. The quantitative estimate of drug-likeness (QED) is 0.0237. The van der Waals surface area contributed by atoms with Gasteiger partial charge in [0.05, 0.1) is 43.2 Å². The molecular formula is C69H106N2O16. The molecule has 4 aliphatic rings. The lowest BCUT2D eigenvalue weighted by atomic mass is 9.81. The Balaban J connectivity index is 0.000000386. The van der Waals surface area contributed by atoms with Crippen molar-refractivity contribution in [3.05, 3.63) is 101 Å². The van der Waals surface area contributed by atoms with E-state index in [0.29, 0.717) is 74.6 Å². The number of carbonyl (C=O) groups excluding carboxylic acids is 4. The number of esters is 1. The molecule has 2 aromatic rings. The minimum Gasteiger partial charge on any atom is -0.508 e. The van der Waals surface area contributed by atoms with Crippen molar-refractivity contribution in [1.82, 2.24) is 10.2 Å². The first kappa shape index (κ1) is 73.0. The van der Waals surface area contributed by atoms with Gasteiger partial charge < -0.3 is 69.3 Å². The van der Waals surface area contributed by atoms with Crippen LogP contribution in [-0.4, -0.2) is 168 Å². The number of methoxy groups -OCH3 is 3. The number of ketones is 2. The van der Waals surface area contributed by atoms with Crippen molar-refractivity contribution >= 4 is 23.4 Å². The molecule has 7 N–H and O–H groups in total. The highest BCUT2D eigenvalue weighted by molar-refractivity contribution is 6.39. The van der Waals surface area contributed by atoms with Gasteiger partial charge in [0.2, 0.25) is 5.79 Å². The van der Waals surface area contributed by atoms with E-state index in [0.717, 1.165) is 63.9 Å². The third-order valence-electron chi connectivity index (χ3n) is 18.1. The Morgan fingerprint density at radius 3 is 2.23 bits per heavy atom. The summed E-state index contributed by atoms with van der Waals surface area (Å²) in [5.41, 5.74) is 4.14. The molecule has 0 radical (unpaired) electrons. The number of cyclic esters (lactones) is 1. The number of rotatable bonds is 23. The molecule has 3 heterocycles. The number of Topliss-reactive ketones (excluding diaryl/α,β-unsaturated/α-hetero) is 2. The van der Waals surface area contributed by atoms with Crippen LogP contribution in [0.25, 0.3) is 0 Å². The first-order chi connectivity index (χ1) is 41.7. The average molecular weight is 1220 g/mol. The number of ether oxygens (including phenoxy) is 6. The first-order valence-corrected chi connectivity index (χ1v) is 32.0. The topological polar surface area (TPSA) is 260 Å². The van der Waals surface area contributed by atoms with Crippen molar-refractivity contribution in [3.8, 4) is 5.75 Å². The number of aryl methyl sites for hydroxylation is 1. The molecule has 3 fully saturated rings. The largest absolute Gasteiger partial charge is 0.508 e. The molecule has 1 aliphatic carbocycles. The van der Waals surface area contributed by atoms with E-state index in [9.17, 15) is 49.8 Å². The fourth-order valence-corrected chi connectivity index (χ4v) is 12.8. The Morgan fingerprint density at radius 2 is 1.54 bits per heavy atom. The molecule has 6 rings (SSSR count). The van der Waals surface area contributed by atoms with Crippen LogP contribution in [0.3, 0.4) is 0 Å². The predicted molar refractivity (Wildman–Crippen MR) is 333 cm³/mol. The number of fused-ring (bicyclic) bond motifs is 3. The van der Waals surface area contributed by atoms with Gasteiger partial charge in [-0.1, -0.05) is 93.8 Å². The third kappa shape index (κ3) is 22.0. The molecule has 87 heavy (non-hydrogen) atoms. The molecule has 2 bridgehead atoms. The molecule has 1 amide bonds. The third-order valence-corrected chi connectivity index (χ3v) is 18.1. The molecule has 1 saturated carbocycles. The number of benzene rings is 2. The molecule has 2 aromatic carbocycles. The van der Waals surface area contributed by atoms with E-state index in [4.69, 9.17) is 28.4 Å². The Bertz CT molecular complexity index is 2490. The zero-order valence-electron chi connectivity index (χ0n) is 53.3. The maximum Gasteiger partial charge on any atom is 0.329 e. The number of aliphatic hydroxyl groups is 5. The van der Waals surface area contributed by atoms with Crippen LogP contribution < -0.4 is 5.32 Å². The van der Waals surface area contributed by atoms with Crippen molar-refractivity contribution in [2.24, 2.45) is 29.6 Å². The second-order valence-electron chi connectivity index (χ2n) is 25.0.